The SMILES string of the molecule is CCOc1ncccc1C(=O)OCc1cc2ccc(C)cc2nc1Cl. The number of esters is 1. The fraction of sp³-hybridized carbons (Fsp3) is 0.211. The van der Waals surface area contributed by atoms with Crippen LogP contribution in [0.25, 0.3) is 10.9 Å². The topological polar surface area (TPSA) is 61.3 Å². The van der Waals surface area contributed by atoms with E-state index in [0.29, 0.717) is 17.3 Å². The van der Waals surface area contributed by atoms with Gasteiger partial charge in [-0.2, -0.15) is 0 Å². The van der Waals surface area contributed by atoms with Crippen LogP contribution in [0.4, 0.5) is 0 Å². The van der Waals surface area contributed by atoms with Gasteiger partial charge < -0.3 is 9.47 Å². The van der Waals surface area contributed by atoms with Gasteiger partial charge in [-0.1, -0.05) is 23.7 Å². The number of hydrogen-bond acceptors (Lipinski definition) is 5. The fourth-order valence-electron chi connectivity index (χ4n) is 2.42. The number of halogens is 1. The van der Waals surface area contributed by atoms with Crippen LogP contribution in [-0.4, -0.2) is 22.5 Å². The van der Waals surface area contributed by atoms with E-state index in [1.807, 2.05) is 38.1 Å². The number of aryl methyl sites for hydroxylation is 1. The van der Waals surface area contributed by atoms with Crippen LogP contribution >= 0.6 is 11.6 Å². The molecule has 2 heterocycles. The van der Waals surface area contributed by atoms with Crippen LogP contribution in [0.15, 0.2) is 42.6 Å². The Hall–Kier alpha value is -2.66. The molecule has 0 saturated heterocycles. The molecule has 6 heteroatoms. The normalized spacial score (nSPS) is 10.7. The van der Waals surface area contributed by atoms with Crippen LogP contribution in [0.1, 0.15) is 28.4 Å². The lowest BCUT2D eigenvalue weighted by molar-refractivity contribution is 0.0467. The van der Waals surface area contributed by atoms with Crippen molar-refractivity contribution in [3.8, 4) is 5.88 Å². The van der Waals surface area contributed by atoms with E-state index in [2.05, 4.69) is 9.97 Å². The Labute approximate surface area is 150 Å². The van der Waals surface area contributed by atoms with E-state index in [9.17, 15) is 4.79 Å². The van der Waals surface area contributed by atoms with Crippen LogP contribution in [0.2, 0.25) is 5.15 Å². The van der Waals surface area contributed by atoms with Crippen molar-refractivity contribution >= 4 is 28.5 Å². The van der Waals surface area contributed by atoms with E-state index < -0.39 is 5.97 Å². The Morgan fingerprint density at radius 1 is 1.24 bits per heavy atom. The van der Waals surface area contributed by atoms with Gasteiger partial charge in [-0.3, -0.25) is 0 Å². The number of benzene rings is 1. The molecule has 0 saturated carbocycles. The zero-order valence-electron chi connectivity index (χ0n) is 14.0. The molecule has 0 aliphatic heterocycles. The van der Waals surface area contributed by atoms with Crippen LogP contribution in [-0.2, 0) is 11.3 Å². The third-order valence-electron chi connectivity index (χ3n) is 3.63. The van der Waals surface area contributed by atoms with Gasteiger partial charge in [0.05, 0.1) is 12.1 Å². The molecule has 0 radical (unpaired) electrons. The molecule has 128 valence electrons. The van der Waals surface area contributed by atoms with E-state index in [-0.39, 0.29) is 18.1 Å². The molecule has 0 atom stereocenters. The highest BCUT2D eigenvalue weighted by molar-refractivity contribution is 6.30. The number of nitrogens with zero attached hydrogens (tertiary/aromatic N) is 2. The second kappa shape index (κ2) is 7.49. The minimum absolute atomic E-state index is 0.0228. The molecule has 5 nitrogen and oxygen atoms in total. The average molecular weight is 357 g/mol. The van der Waals surface area contributed by atoms with Gasteiger partial charge in [-0.05, 0) is 43.7 Å². The quantitative estimate of drug-likeness (QED) is 0.502. The van der Waals surface area contributed by atoms with Crippen LogP contribution in [0.5, 0.6) is 5.88 Å². The maximum Gasteiger partial charge on any atom is 0.343 e. The molecule has 3 aromatic rings. The summed E-state index contributed by atoms with van der Waals surface area (Å²) in [5.74, 6) is -0.259. The van der Waals surface area contributed by atoms with Gasteiger partial charge in [0.2, 0.25) is 5.88 Å². The second-order valence-corrected chi connectivity index (χ2v) is 5.86. The van der Waals surface area contributed by atoms with Gasteiger partial charge >= 0.3 is 5.97 Å². The number of ether oxygens (including phenoxy) is 2. The van der Waals surface area contributed by atoms with Crippen molar-refractivity contribution < 1.29 is 14.3 Å². The third-order valence-corrected chi connectivity index (χ3v) is 3.96. The largest absolute Gasteiger partial charge is 0.477 e. The molecule has 0 aliphatic rings. The molecule has 1 aromatic carbocycles. The standard InChI is InChI=1S/C19H17ClN2O3/c1-3-24-18-15(5-4-8-21-18)19(23)25-11-14-10-13-7-6-12(2)9-16(13)22-17(14)20/h4-10H,3,11H2,1-2H3. The molecule has 0 amide bonds. The molecule has 0 aliphatic carbocycles. The van der Waals surface area contributed by atoms with E-state index in [1.165, 1.54) is 0 Å². The summed E-state index contributed by atoms with van der Waals surface area (Å²) < 4.78 is 10.7. The number of pyridine rings is 2. The Morgan fingerprint density at radius 3 is 2.88 bits per heavy atom. The number of hydrogen-bond donors (Lipinski definition) is 0. The van der Waals surface area contributed by atoms with Crippen molar-refractivity contribution in [2.45, 2.75) is 20.5 Å². The second-order valence-electron chi connectivity index (χ2n) is 5.50. The predicted molar refractivity (Wildman–Crippen MR) is 96.0 cm³/mol. The zero-order chi connectivity index (χ0) is 17.8. The van der Waals surface area contributed by atoms with Gasteiger partial charge in [-0.15, -0.1) is 0 Å². The van der Waals surface area contributed by atoms with Crippen molar-refractivity contribution in [1.82, 2.24) is 9.97 Å². The van der Waals surface area contributed by atoms with Gasteiger partial charge in [0.15, 0.2) is 0 Å². The summed E-state index contributed by atoms with van der Waals surface area (Å²) in [6.45, 7) is 4.26. The van der Waals surface area contributed by atoms with Crippen LogP contribution in [0, 0.1) is 6.92 Å². The lowest BCUT2D eigenvalue weighted by atomic mass is 10.1. The van der Waals surface area contributed by atoms with Crippen molar-refractivity contribution in [3.63, 3.8) is 0 Å². The molecule has 0 N–H and O–H groups in total. The first-order valence-corrected chi connectivity index (χ1v) is 8.27. The number of carbonyl (C=O) groups excluding carboxylic acids is 1. The molecule has 0 spiro atoms. The number of fused-ring (bicyclic) bond motifs is 1. The lowest BCUT2D eigenvalue weighted by Crippen LogP contribution is -2.09. The number of aromatic nitrogens is 2. The van der Waals surface area contributed by atoms with Gasteiger partial charge in [0.25, 0.3) is 0 Å². The Bertz CT molecular complexity index is 928. The minimum Gasteiger partial charge on any atom is -0.477 e. The van der Waals surface area contributed by atoms with E-state index in [0.717, 1.165) is 16.5 Å². The van der Waals surface area contributed by atoms with Crippen molar-refractivity contribution in [1.29, 1.82) is 0 Å². The fourth-order valence-corrected chi connectivity index (χ4v) is 2.62. The highest BCUT2D eigenvalue weighted by Crippen LogP contribution is 2.23. The van der Waals surface area contributed by atoms with Gasteiger partial charge in [0.1, 0.15) is 17.3 Å². The number of carbonyl (C=O) groups is 1. The maximum atomic E-state index is 12.3. The summed E-state index contributed by atoms with van der Waals surface area (Å²) in [7, 11) is 0. The average Bonchev–Trinajstić information content (AvgIpc) is 2.60. The molecule has 25 heavy (non-hydrogen) atoms. The smallest absolute Gasteiger partial charge is 0.343 e. The Balaban J connectivity index is 1.79. The molecular formula is C19H17ClN2O3. The summed E-state index contributed by atoms with van der Waals surface area (Å²) in [5, 5.41) is 1.26. The third kappa shape index (κ3) is 3.88. The predicted octanol–water partition coefficient (Wildman–Crippen LogP) is 4.35. The molecule has 0 fully saturated rings. The summed E-state index contributed by atoms with van der Waals surface area (Å²) in [4.78, 5) is 20.7. The maximum absolute atomic E-state index is 12.3. The highest BCUT2D eigenvalue weighted by atomic mass is 35.5. The van der Waals surface area contributed by atoms with E-state index in [4.69, 9.17) is 21.1 Å². The monoisotopic (exact) mass is 356 g/mol. The van der Waals surface area contributed by atoms with Gasteiger partial charge in [-0.25, -0.2) is 14.8 Å². The summed E-state index contributed by atoms with van der Waals surface area (Å²) in [6.07, 6.45) is 1.56. The lowest BCUT2D eigenvalue weighted by Gasteiger charge is -2.10. The Morgan fingerprint density at radius 2 is 2.08 bits per heavy atom. The first kappa shape index (κ1) is 17.2. The highest BCUT2D eigenvalue weighted by Gasteiger charge is 2.16. The first-order chi connectivity index (χ1) is 12.1. The summed E-state index contributed by atoms with van der Waals surface area (Å²) in [6, 6.07) is 11.1. The van der Waals surface area contributed by atoms with Crippen molar-refractivity contribution in [2.75, 3.05) is 6.61 Å². The van der Waals surface area contributed by atoms with E-state index in [1.54, 1.807) is 18.3 Å². The molecule has 0 unspecified atom stereocenters. The molecule has 2 aromatic heterocycles. The molecular weight excluding hydrogens is 340 g/mol. The summed E-state index contributed by atoms with van der Waals surface area (Å²) in [5.41, 5.74) is 2.85. The molecule has 3 rings (SSSR count). The minimum atomic E-state index is -0.517. The van der Waals surface area contributed by atoms with Crippen molar-refractivity contribution in [2.24, 2.45) is 0 Å². The first-order valence-electron chi connectivity index (χ1n) is 7.89. The molecule has 0 bridgehead atoms. The Kier molecular flexibility index (Phi) is 5.14. The number of rotatable bonds is 5. The van der Waals surface area contributed by atoms with Crippen molar-refractivity contribution in [3.05, 3.63) is 64.4 Å². The zero-order valence-corrected chi connectivity index (χ0v) is 14.7. The van der Waals surface area contributed by atoms with Crippen LogP contribution < -0.4 is 4.74 Å². The summed E-state index contributed by atoms with van der Waals surface area (Å²) >= 11 is 6.23. The van der Waals surface area contributed by atoms with Crippen LogP contribution in [0.3, 0.4) is 0 Å². The van der Waals surface area contributed by atoms with Gasteiger partial charge in [0, 0.05) is 17.1 Å². The van der Waals surface area contributed by atoms with E-state index >= 15 is 0 Å².